The standard InChI is InChI=1S/C16H20FNO3/c1-11-5-3-4-8-18(11)16(20)10-21-13-6-7-14(12(2)19)15(17)9-13/h6-7,9,11H,3-5,8,10H2,1-2H3/t11-/m1/s1. The van der Waals surface area contributed by atoms with Gasteiger partial charge in [-0.25, -0.2) is 4.39 Å². The van der Waals surface area contributed by atoms with Crippen molar-refractivity contribution in [3.8, 4) is 5.75 Å². The van der Waals surface area contributed by atoms with E-state index in [4.69, 9.17) is 4.74 Å². The summed E-state index contributed by atoms with van der Waals surface area (Å²) in [6.45, 7) is 3.97. The second-order valence-electron chi connectivity index (χ2n) is 5.42. The normalized spacial score (nSPS) is 18.4. The third-order valence-electron chi connectivity index (χ3n) is 3.81. The van der Waals surface area contributed by atoms with E-state index in [1.807, 2.05) is 11.8 Å². The summed E-state index contributed by atoms with van der Waals surface area (Å²) < 4.78 is 19.0. The molecule has 0 aromatic heterocycles. The summed E-state index contributed by atoms with van der Waals surface area (Å²) >= 11 is 0. The van der Waals surface area contributed by atoms with Crippen molar-refractivity contribution in [3.05, 3.63) is 29.6 Å². The molecule has 1 aliphatic rings. The number of amides is 1. The zero-order valence-electron chi connectivity index (χ0n) is 12.4. The van der Waals surface area contributed by atoms with Crippen LogP contribution in [0.3, 0.4) is 0 Å². The molecule has 1 aromatic carbocycles. The van der Waals surface area contributed by atoms with E-state index in [0.29, 0.717) is 0 Å². The number of ketones is 1. The van der Waals surface area contributed by atoms with Crippen molar-refractivity contribution in [2.24, 2.45) is 0 Å². The molecule has 0 spiro atoms. The van der Waals surface area contributed by atoms with E-state index in [0.717, 1.165) is 31.9 Å². The topological polar surface area (TPSA) is 46.6 Å². The van der Waals surface area contributed by atoms with Crippen molar-refractivity contribution in [1.29, 1.82) is 0 Å². The molecular weight excluding hydrogens is 273 g/mol. The molecule has 1 heterocycles. The summed E-state index contributed by atoms with van der Waals surface area (Å²) in [5.74, 6) is -0.787. The first-order valence-electron chi connectivity index (χ1n) is 7.22. The largest absolute Gasteiger partial charge is 0.484 e. The molecule has 0 N–H and O–H groups in total. The molecule has 114 valence electrons. The molecule has 1 saturated heterocycles. The van der Waals surface area contributed by atoms with Gasteiger partial charge in [-0.15, -0.1) is 0 Å². The molecule has 21 heavy (non-hydrogen) atoms. The summed E-state index contributed by atoms with van der Waals surface area (Å²) in [7, 11) is 0. The lowest BCUT2D eigenvalue weighted by Gasteiger charge is -2.33. The first-order chi connectivity index (χ1) is 9.99. The van der Waals surface area contributed by atoms with Crippen molar-refractivity contribution in [2.75, 3.05) is 13.2 Å². The molecule has 0 bridgehead atoms. The molecule has 1 fully saturated rings. The number of likely N-dealkylation sites (tertiary alicyclic amines) is 1. The summed E-state index contributed by atoms with van der Waals surface area (Å²) in [4.78, 5) is 25.0. The van der Waals surface area contributed by atoms with Crippen LogP contribution in [0.1, 0.15) is 43.5 Å². The third kappa shape index (κ3) is 3.80. The van der Waals surface area contributed by atoms with E-state index < -0.39 is 5.82 Å². The number of hydrogen-bond donors (Lipinski definition) is 0. The van der Waals surface area contributed by atoms with Gasteiger partial charge in [0, 0.05) is 18.7 Å². The summed E-state index contributed by atoms with van der Waals surface area (Å²) in [6, 6.07) is 4.25. The summed E-state index contributed by atoms with van der Waals surface area (Å²) in [5.41, 5.74) is 0.0262. The highest BCUT2D eigenvalue weighted by Gasteiger charge is 2.23. The predicted molar refractivity (Wildman–Crippen MR) is 76.9 cm³/mol. The number of ether oxygens (including phenoxy) is 1. The number of piperidine rings is 1. The molecule has 5 heteroatoms. The third-order valence-corrected chi connectivity index (χ3v) is 3.81. The van der Waals surface area contributed by atoms with E-state index in [-0.39, 0.29) is 35.7 Å². The van der Waals surface area contributed by atoms with Crippen molar-refractivity contribution >= 4 is 11.7 Å². The van der Waals surface area contributed by atoms with Crippen LogP contribution >= 0.6 is 0 Å². The highest BCUT2D eigenvalue weighted by molar-refractivity contribution is 5.94. The number of nitrogens with zero attached hydrogens (tertiary/aromatic N) is 1. The Balaban J connectivity index is 1.95. The van der Waals surface area contributed by atoms with Gasteiger partial charge in [0.2, 0.25) is 0 Å². The van der Waals surface area contributed by atoms with Crippen molar-refractivity contribution < 1.29 is 18.7 Å². The van der Waals surface area contributed by atoms with E-state index in [1.54, 1.807) is 0 Å². The van der Waals surface area contributed by atoms with Crippen LogP contribution in [0.25, 0.3) is 0 Å². The van der Waals surface area contributed by atoms with Gasteiger partial charge in [-0.05, 0) is 45.2 Å². The summed E-state index contributed by atoms with van der Waals surface area (Å²) in [6.07, 6.45) is 3.16. The minimum absolute atomic E-state index is 0.0262. The minimum Gasteiger partial charge on any atom is -0.484 e. The molecule has 1 aliphatic heterocycles. The van der Waals surface area contributed by atoms with Gasteiger partial charge in [0.05, 0.1) is 5.56 Å². The van der Waals surface area contributed by atoms with Crippen LogP contribution in [-0.4, -0.2) is 35.8 Å². The van der Waals surface area contributed by atoms with Crippen LogP contribution in [0.5, 0.6) is 5.75 Å². The van der Waals surface area contributed by atoms with E-state index in [9.17, 15) is 14.0 Å². The highest BCUT2D eigenvalue weighted by atomic mass is 19.1. The fraction of sp³-hybridized carbons (Fsp3) is 0.500. The van der Waals surface area contributed by atoms with Crippen molar-refractivity contribution in [3.63, 3.8) is 0 Å². The van der Waals surface area contributed by atoms with Crippen LogP contribution in [-0.2, 0) is 4.79 Å². The average molecular weight is 293 g/mol. The molecule has 0 aliphatic carbocycles. The molecule has 1 amide bonds. The second-order valence-corrected chi connectivity index (χ2v) is 5.42. The van der Waals surface area contributed by atoms with Crippen LogP contribution in [0.15, 0.2) is 18.2 Å². The van der Waals surface area contributed by atoms with Gasteiger partial charge in [0.15, 0.2) is 12.4 Å². The van der Waals surface area contributed by atoms with Crippen molar-refractivity contribution in [1.82, 2.24) is 4.90 Å². The fourth-order valence-electron chi connectivity index (χ4n) is 2.57. The first kappa shape index (κ1) is 15.5. The van der Waals surface area contributed by atoms with E-state index in [1.165, 1.54) is 19.1 Å². The quantitative estimate of drug-likeness (QED) is 0.802. The highest BCUT2D eigenvalue weighted by Crippen LogP contribution is 2.19. The number of carbonyl (C=O) groups excluding carboxylic acids is 2. The van der Waals surface area contributed by atoms with Gasteiger partial charge in [-0.2, -0.15) is 0 Å². The maximum absolute atomic E-state index is 13.6. The van der Waals surface area contributed by atoms with Gasteiger partial charge >= 0.3 is 0 Å². The molecule has 0 saturated carbocycles. The van der Waals surface area contributed by atoms with E-state index >= 15 is 0 Å². The Labute approximate surface area is 123 Å². The Morgan fingerprint density at radius 2 is 2.14 bits per heavy atom. The molecule has 1 atom stereocenters. The molecule has 0 radical (unpaired) electrons. The fourth-order valence-corrected chi connectivity index (χ4v) is 2.57. The zero-order chi connectivity index (χ0) is 15.4. The van der Waals surface area contributed by atoms with Gasteiger partial charge in [0.25, 0.3) is 5.91 Å². The minimum atomic E-state index is -0.626. The average Bonchev–Trinajstić information content (AvgIpc) is 2.45. The molecule has 1 aromatic rings. The second kappa shape index (κ2) is 6.70. The van der Waals surface area contributed by atoms with Crippen LogP contribution in [0.2, 0.25) is 0 Å². The van der Waals surface area contributed by atoms with Crippen LogP contribution < -0.4 is 4.74 Å². The predicted octanol–water partition coefficient (Wildman–Crippen LogP) is 2.81. The van der Waals surface area contributed by atoms with Crippen LogP contribution in [0.4, 0.5) is 4.39 Å². The Kier molecular flexibility index (Phi) is 4.94. The lowest BCUT2D eigenvalue weighted by atomic mass is 10.0. The monoisotopic (exact) mass is 293 g/mol. The maximum atomic E-state index is 13.6. The molecule has 0 unspecified atom stereocenters. The Morgan fingerprint density at radius 3 is 2.76 bits per heavy atom. The lowest BCUT2D eigenvalue weighted by Crippen LogP contribution is -2.44. The Hall–Kier alpha value is -1.91. The first-order valence-corrected chi connectivity index (χ1v) is 7.22. The molecule has 2 rings (SSSR count). The van der Waals surface area contributed by atoms with Gasteiger partial charge in [-0.3, -0.25) is 9.59 Å². The molecular formula is C16H20FNO3. The number of benzene rings is 1. The molecule has 4 nitrogen and oxygen atoms in total. The summed E-state index contributed by atoms with van der Waals surface area (Å²) in [5, 5.41) is 0. The van der Waals surface area contributed by atoms with E-state index in [2.05, 4.69) is 0 Å². The van der Waals surface area contributed by atoms with Gasteiger partial charge < -0.3 is 9.64 Å². The zero-order valence-corrected chi connectivity index (χ0v) is 12.4. The SMILES string of the molecule is CC(=O)c1ccc(OCC(=O)N2CCCC[C@H]2C)cc1F. The van der Waals surface area contributed by atoms with Crippen LogP contribution in [0, 0.1) is 5.82 Å². The Morgan fingerprint density at radius 1 is 1.38 bits per heavy atom. The smallest absolute Gasteiger partial charge is 0.260 e. The number of hydrogen-bond acceptors (Lipinski definition) is 3. The van der Waals surface area contributed by atoms with Gasteiger partial charge in [0.1, 0.15) is 11.6 Å². The van der Waals surface area contributed by atoms with Gasteiger partial charge in [-0.1, -0.05) is 0 Å². The number of rotatable bonds is 4. The Bertz CT molecular complexity index is 544. The number of carbonyl (C=O) groups is 2. The van der Waals surface area contributed by atoms with Crippen molar-refractivity contribution in [2.45, 2.75) is 39.2 Å². The number of halogens is 1. The lowest BCUT2D eigenvalue weighted by molar-refractivity contribution is -0.136. The maximum Gasteiger partial charge on any atom is 0.260 e. The number of Topliss-reactive ketones (excluding diaryl/α,β-unsaturated/α-hetero) is 1.